The van der Waals surface area contributed by atoms with E-state index in [4.69, 9.17) is 0 Å². The van der Waals surface area contributed by atoms with Crippen LogP contribution >= 0.6 is 11.5 Å². The molecular formula is C21H23N5O2S. The van der Waals surface area contributed by atoms with Gasteiger partial charge in [-0.05, 0) is 50.0 Å². The SMILES string of the molecule is CC(C)(C)NC(=O)[C@H](c1ccccn1)N(Cc1ccccc1)C(=O)c1csnn1. The molecular weight excluding hydrogens is 386 g/mol. The molecule has 0 aliphatic carbocycles. The van der Waals surface area contributed by atoms with Crippen LogP contribution in [0.4, 0.5) is 0 Å². The average Bonchev–Trinajstić information content (AvgIpc) is 3.22. The van der Waals surface area contributed by atoms with E-state index in [1.54, 1.807) is 29.8 Å². The molecule has 150 valence electrons. The van der Waals surface area contributed by atoms with E-state index in [1.165, 1.54) is 4.90 Å². The molecule has 0 saturated carbocycles. The predicted octanol–water partition coefficient (Wildman–Crippen LogP) is 3.23. The van der Waals surface area contributed by atoms with E-state index in [1.807, 2.05) is 51.1 Å². The molecule has 2 amide bonds. The lowest BCUT2D eigenvalue weighted by Crippen LogP contribution is -2.49. The van der Waals surface area contributed by atoms with E-state index >= 15 is 0 Å². The molecule has 7 nitrogen and oxygen atoms in total. The van der Waals surface area contributed by atoms with Gasteiger partial charge in [0.05, 0.1) is 5.69 Å². The number of nitrogens with one attached hydrogen (secondary N) is 1. The summed E-state index contributed by atoms with van der Waals surface area (Å²) in [7, 11) is 0. The van der Waals surface area contributed by atoms with Crippen molar-refractivity contribution in [1.82, 2.24) is 24.8 Å². The number of pyridine rings is 1. The molecule has 0 spiro atoms. The first-order valence-corrected chi connectivity index (χ1v) is 10.0. The third-order valence-electron chi connectivity index (χ3n) is 4.06. The van der Waals surface area contributed by atoms with Crippen molar-refractivity contribution in [2.24, 2.45) is 0 Å². The summed E-state index contributed by atoms with van der Waals surface area (Å²) in [6.45, 7) is 5.92. The molecule has 8 heteroatoms. The molecule has 1 N–H and O–H groups in total. The molecule has 1 atom stereocenters. The van der Waals surface area contributed by atoms with Crippen LogP contribution in [0.5, 0.6) is 0 Å². The Morgan fingerprint density at radius 1 is 1.10 bits per heavy atom. The zero-order valence-electron chi connectivity index (χ0n) is 16.6. The maximum atomic E-state index is 13.3. The first kappa shape index (κ1) is 20.6. The lowest BCUT2D eigenvalue weighted by molar-refractivity contribution is -0.127. The van der Waals surface area contributed by atoms with E-state index < -0.39 is 11.6 Å². The topological polar surface area (TPSA) is 88.1 Å². The van der Waals surface area contributed by atoms with E-state index in [-0.39, 0.29) is 24.1 Å². The fraction of sp³-hybridized carbons (Fsp3) is 0.286. The second kappa shape index (κ2) is 8.91. The number of carbonyl (C=O) groups is 2. The largest absolute Gasteiger partial charge is 0.349 e. The summed E-state index contributed by atoms with van der Waals surface area (Å²) in [5.41, 5.74) is 1.12. The maximum absolute atomic E-state index is 13.3. The Hall–Kier alpha value is -3.13. The molecule has 0 aliphatic rings. The number of carbonyl (C=O) groups excluding carboxylic acids is 2. The van der Waals surface area contributed by atoms with Crippen molar-refractivity contribution >= 4 is 23.3 Å². The van der Waals surface area contributed by atoms with Crippen LogP contribution in [0.1, 0.15) is 48.6 Å². The van der Waals surface area contributed by atoms with Crippen LogP contribution in [0.15, 0.2) is 60.1 Å². The number of nitrogens with zero attached hydrogens (tertiary/aromatic N) is 4. The minimum atomic E-state index is -0.912. The molecule has 0 radical (unpaired) electrons. The van der Waals surface area contributed by atoms with Gasteiger partial charge in [0.1, 0.15) is 0 Å². The van der Waals surface area contributed by atoms with Gasteiger partial charge in [0.2, 0.25) is 5.91 Å². The van der Waals surface area contributed by atoms with Gasteiger partial charge < -0.3 is 10.2 Å². The molecule has 0 aliphatic heterocycles. The highest BCUT2D eigenvalue weighted by Crippen LogP contribution is 2.25. The van der Waals surface area contributed by atoms with Gasteiger partial charge in [-0.3, -0.25) is 14.6 Å². The molecule has 2 aromatic heterocycles. The number of rotatable bonds is 6. The van der Waals surface area contributed by atoms with Crippen molar-refractivity contribution in [3.63, 3.8) is 0 Å². The Balaban J connectivity index is 2.05. The first-order chi connectivity index (χ1) is 13.8. The number of benzene rings is 1. The van der Waals surface area contributed by atoms with Gasteiger partial charge in [-0.1, -0.05) is 40.9 Å². The van der Waals surface area contributed by atoms with Crippen LogP contribution < -0.4 is 5.32 Å². The van der Waals surface area contributed by atoms with Crippen LogP contribution in [0.2, 0.25) is 0 Å². The lowest BCUT2D eigenvalue weighted by Gasteiger charge is -2.32. The molecule has 1 aromatic carbocycles. The zero-order valence-corrected chi connectivity index (χ0v) is 17.4. The highest BCUT2D eigenvalue weighted by Gasteiger charge is 2.35. The van der Waals surface area contributed by atoms with Gasteiger partial charge in [-0.15, -0.1) is 5.10 Å². The summed E-state index contributed by atoms with van der Waals surface area (Å²) < 4.78 is 3.80. The van der Waals surface area contributed by atoms with Crippen LogP contribution in [0.25, 0.3) is 0 Å². The van der Waals surface area contributed by atoms with E-state index in [9.17, 15) is 9.59 Å². The summed E-state index contributed by atoms with van der Waals surface area (Å²) in [6.07, 6.45) is 1.61. The lowest BCUT2D eigenvalue weighted by atomic mass is 10.0. The van der Waals surface area contributed by atoms with E-state index in [2.05, 4.69) is 19.9 Å². The summed E-state index contributed by atoms with van der Waals surface area (Å²) in [6, 6.07) is 13.9. The number of hydrogen-bond acceptors (Lipinski definition) is 6. The third kappa shape index (κ3) is 5.45. The smallest absolute Gasteiger partial charge is 0.276 e. The number of aromatic nitrogens is 3. The highest BCUT2D eigenvalue weighted by atomic mass is 32.1. The minimum absolute atomic E-state index is 0.204. The Morgan fingerprint density at radius 3 is 2.41 bits per heavy atom. The summed E-state index contributed by atoms with van der Waals surface area (Å²) in [5, 5.41) is 8.47. The van der Waals surface area contributed by atoms with Crippen LogP contribution in [0, 0.1) is 0 Å². The van der Waals surface area contributed by atoms with Crippen molar-refractivity contribution in [3.8, 4) is 0 Å². The van der Waals surface area contributed by atoms with E-state index in [0.717, 1.165) is 17.1 Å². The molecule has 0 unspecified atom stereocenters. The minimum Gasteiger partial charge on any atom is -0.349 e. The van der Waals surface area contributed by atoms with Crippen molar-refractivity contribution in [2.75, 3.05) is 0 Å². The highest BCUT2D eigenvalue weighted by molar-refractivity contribution is 7.03. The Kier molecular flexibility index (Phi) is 6.33. The van der Waals surface area contributed by atoms with Crippen LogP contribution in [-0.2, 0) is 11.3 Å². The fourth-order valence-corrected chi connectivity index (χ4v) is 3.31. The number of hydrogen-bond donors (Lipinski definition) is 1. The van der Waals surface area contributed by atoms with E-state index in [0.29, 0.717) is 5.69 Å². The second-order valence-electron chi connectivity index (χ2n) is 7.61. The summed E-state index contributed by atoms with van der Waals surface area (Å²) >= 11 is 1.09. The molecule has 3 aromatic rings. The molecule has 0 saturated heterocycles. The monoisotopic (exact) mass is 409 g/mol. The predicted molar refractivity (Wildman–Crippen MR) is 111 cm³/mol. The zero-order chi connectivity index (χ0) is 20.9. The quantitative estimate of drug-likeness (QED) is 0.675. The molecule has 3 rings (SSSR count). The number of amides is 2. The Bertz CT molecular complexity index is 940. The van der Waals surface area contributed by atoms with Crippen LogP contribution in [-0.4, -0.2) is 36.8 Å². The van der Waals surface area contributed by atoms with Gasteiger partial charge in [-0.2, -0.15) is 0 Å². The normalized spacial score (nSPS) is 12.2. The first-order valence-electron chi connectivity index (χ1n) is 9.20. The molecule has 0 bridgehead atoms. The summed E-state index contributed by atoms with van der Waals surface area (Å²) in [5.74, 6) is -0.675. The molecule has 0 fully saturated rings. The van der Waals surface area contributed by atoms with Crippen molar-refractivity contribution < 1.29 is 9.59 Å². The van der Waals surface area contributed by atoms with Crippen molar-refractivity contribution in [2.45, 2.75) is 38.9 Å². The Morgan fingerprint density at radius 2 is 1.83 bits per heavy atom. The van der Waals surface area contributed by atoms with Gasteiger partial charge in [-0.25, -0.2) is 0 Å². The Labute approximate surface area is 174 Å². The summed E-state index contributed by atoms with van der Waals surface area (Å²) in [4.78, 5) is 32.5. The standard InChI is InChI=1S/C21H23N5O2S/c1-21(2,3)23-19(27)18(16-11-7-8-12-22-16)26(13-15-9-5-4-6-10-15)20(28)17-14-29-25-24-17/h4-12,14,18H,13H2,1-3H3,(H,23,27)/t18-/m0/s1. The fourth-order valence-electron chi connectivity index (χ4n) is 2.88. The third-order valence-corrected chi connectivity index (χ3v) is 4.57. The second-order valence-corrected chi connectivity index (χ2v) is 8.22. The van der Waals surface area contributed by atoms with Gasteiger partial charge in [0.15, 0.2) is 11.7 Å². The molecule has 29 heavy (non-hydrogen) atoms. The maximum Gasteiger partial charge on any atom is 0.276 e. The van der Waals surface area contributed by atoms with Crippen LogP contribution in [0.3, 0.4) is 0 Å². The van der Waals surface area contributed by atoms with Gasteiger partial charge in [0, 0.05) is 23.7 Å². The van der Waals surface area contributed by atoms with Crippen molar-refractivity contribution in [1.29, 1.82) is 0 Å². The van der Waals surface area contributed by atoms with Crippen molar-refractivity contribution in [3.05, 3.63) is 77.1 Å². The average molecular weight is 410 g/mol. The van der Waals surface area contributed by atoms with Gasteiger partial charge >= 0.3 is 0 Å². The molecule has 2 heterocycles. The van der Waals surface area contributed by atoms with Gasteiger partial charge in [0.25, 0.3) is 5.91 Å².